The van der Waals surface area contributed by atoms with Crippen molar-refractivity contribution in [1.82, 2.24) is 4.98 Å². The summed E-state index contributed by atoms with van der Waals surface area (Å²) in [6.07, 6.45) is 1.41. The lowest BCUT2D eigenvalue weighted by molar-refractivity contribution is -0.384. The van der Waals surface area contributed by atoms with Crippen LogP contribution in [0.4, 0.5) is 5.69 Å². The van der Waals surface area contributed by atoms with Crippen LogP contribution in [0.15, 0.2) is 16.7 Å². The number of pyridine rings is 1. The molecule has 2 aromatic rings. The van der Waals surface area contributed by atoms with Gasteiger partial charge < -0.3 is 15.2 Å². The monoisotopic (exact) mass is 371 g/mol. The van der Waals surface area contributed by atoms with Crippen LogP contribution in [0.25, 0.3) is 10.8 Å². The Morgan fingerprint density at radius 1 is 1.48 bits per heavy atom. The van der Waals surface area contributed by atoms with Gasteiger partial charge in [-0.05, 0) is 22.0 Å². The Bertz CT molecular complexity index is 766. The number of aromatic nitrogens is 1. The first kappa shape index (κ1) is 15.4. The molecule has 0 saturated carbocycles. The minimum Gasteiger partial charge on any atom is -0.493 e. The second-order valence-electron chi connectivity index (χ2n) is 3.96. The van der Waals surface area contributed by atoms with Gasteiger partial charge >= 0.3 is 5.69 Å². The average Bonchev–Trinajstić information content (AvgIpc) is 2.44. The van der Waals surface area contributed by atoms with E-state index in [0.29, 0.717) is 15.2 Å². The lowest BCUT2D eigenvalue weighted by Crippen LogP contribution is -2.12. The van der Waals surface area contributed by atoms with Crippen LogP contribution >= 0.6 is 28.1 Å². The van der Waals surface area contributed by atoms with Gasteiger partial charge in [0.15, 0.2) is 5.75 Å². The highest BCUT2D eigenvalue weighted by Crippen LogP contribution is 2.45. The lowest BCUT2D eigenvalue weighted by atomic mass is 10.1. The fourth-order valence-corrected chi connectivity index (χ4v) is 2.70. The molecule has 1 heterocycles. The molecular formula is C12H10BrN3O4S. The Balaban J connectivity index is 3.09. The molecule has 9 heteroatoms. The number of methoxy groups -OCH3 is 2. The first-order valence-electron chi connectivity index (χ1n) is 5.59. The zero-order valence-corrected chi connectivity index (χ0v) is 13.4. The minimum atomic E-state index is -0.544. The van der Waals surface area contributed by atoms with Gasteiger partial charge in [0, 0.05) is 11.6 Å². The summed E-state index contributed by atoms with van der Waals surface area (Å²) in [5.41, 5.74) is 5.68. The summed E-state index contributed by atoms with van der Waals surface area (Å²) >= 11 is 8.20. The van der Waals surface area contributed by atoms with Crippen molar-refractivity contribution < 1.29 is 14.4 Å². The van der Waals surface area contributed by atoms with Crippen LogP contribution in [0.3, 0.4) is 0 Å². The van der Waals surface area contributed by atoms with E-state index in [1.54, 1.807) is 6.07 Å². The molecule has 0 unspecified atom stereocenters. The van der Waals surface area contributed by atoms with Gasteiger partial charge in [0.1, 0.15) is 10.7 Å². The molecule has 110 valence electrons. The Labute approximate surface area is 133 Å². The van der Waals surface area contributed by atoms with Gasteiger partial charge in [-0.15, -0.1) is 0 Å². The van der Waals surface area contributed by atoms with E-state index in [4.69, 9.17) is 27.4 Å². The maximum absolute atomic E-state index is 11.5. The molecule has 2 N–H and O–H groups in total. The van der Waals surface area contributed by atoms with E-state index in [-0.39, 0.29) is 27.9 Å². The van der Waals surface area contributed by atoms with Crippen molar-refractivity contribution in [3.63, 3.8) is 0 Å². The highest BCUT2D eigenvalue weighted by Gasteiger charge is 2.28. The molecule has 0 spiro atoms. The van der Waals surface area contributed by atoms with Crippen molar-refractivity contribution in [2.75, 3.05) is 14.2 Å². The number of hydrogen-bond donors (Lipinski definition) is 1. The van der Waals surface area contributed by atoms with Crippen molar-refractivity contribution in [1.29, 1.82) is 0 Å². The molecule has 0 bridgehead atoms. The van der Waals surface area contributed by atoms with Crippen LogP contribution in [-0.4, -0.2) is 29.1 Å². The number of halogens is 1. The summed E-state index contributed by atoms with van der Waals surface area (Å²) in [4.78, 5) is 15.1. The number of fused-ring (bicyclic) bond motifs is 1. The van der Waals surface area contributed by atoms with Crippen LogP contribution < -0.4 is 15.2 Å². The van der Waals surface area contributed by atoms with Crippen molar-refractivity contribution >= 4 is 49.6 Å². The van der Waals surface area contributed by atoms with E-state index in [2.05, 4.69) is 20.9 Å². The molecule has 0 saturated heterocycles. The van der Waals surface area contributed by atoms with E-state index >= 15 is 0 Å². The van der Waals surface area contributed by atoms with Gasteiger partial charge in [-0.25, -0.2) is 0 Å². The van der Waals surface area contributed by atoms with E-state index in [1.165, 1.54) is 20.4 Å². The first-order valence-corrected chi connectivity index (χ1v) is 6.79. The van der Waals surface area contributed by atoms with Gasteiger partial charge in [-0.3, -0.25) is 15.1 Å². The van der Waals surface area contributed by atoms with Crippen LogP contribution in [0.2, 0.25) is 0 Å². The number of nitrogens with two attached hydrogens (primary N) is 1. The summed E-state index contributed by atoms with van der Waals surface area (Å²) in [5, 5.41) is 12.2. The van der Waals surface area contributed by atoms with Gasteiger partial charge in [0.05, 0.1) is 29.0 Å². The Morgan fingerprint density at radius 2 is 2.14 bits per heavy atom. The van der Waals surface area contributed by atoms with Crippen LogP contribution in [0.1, 0.15) is 5.69 Å². The Kier molecular flexibility index (Phi) is 4.24. The van der Waals surface area contributed by atoms with E-state index in [0.717, 1.165) is 0 Å². The zero-order chi connectivity index (χ0) is 15.7. The van der Waals surface area contributed by atoms with Crippen molar-refractivity contribution in [2.45, 2.75) is 0 Å². The Morgan fingerprint density at radius 3 is 2.62 bits per heavy atom. The second kappa shape index (κ2) is 5.78. The standard InChI is InChI=1S/C12H10BrN3O4S/c1-19-7-3-5-8(10(16(17)18)11(7)20-2)6(13)4-15-9(5)12(14)21/h3-4H,1-2H3,(H2,14,21). The van der Waals surface area contributed by atoms with E-state index in [1.807, 2.05) is 0 Å². The topological polar surface area (TPSA) is 101 Å². The summed E-state index contributed by atoms with van der Waals surface area (Å²) < 4.78 is 10.7. The summed E-state index contributed by atoms with van der Waals surface area (Å²) in [5.74, 6) is 0.227. The SMILES string of the molecule is COc1cc2c(C(N)=S)ncc(Br)c2c([N+](=O)[O-])c1OC. The Hall–Kier alpha value is -2.00. The largest absolute Gasteiger partial charge is 0.493 e. The quantitative estimate of drug-likeness (QED) is 0.500. The molecule has 0 aliphatic carbocycles. The zero-order valence-electron chi connectivity index (χ0n) is 11.0. The predicted molar refractivity (Wildman–Crippen MR) is 85.1 cm³/mol. The molecule has 2 rings (SSSR count). The molecule has 0 amide bonds. The van der Waals surface area contributed by atoms with Crippen LogP contribution in [-0.2, 0) is 0 Å². The molecule has 0 aliphatic heterocycles. The molecule has 0 aliphatic rings. The molecular weight excluding hydrogens is 362 g/mol. The van der Waals surface area contributed by atoms with Gasteiger partial charge in [-0.1, -0.05) is 12.2 Å². The summed E-state index contributed by atoms with van der Waals surface area (Å²) in [7, 11) is 2.72. The molecule has 1 aromatic carbocycles. The fraction of sp³-hybridized carbons (Fsp3) is 0.167. The predicted octanol–water partition coefficient (Wildman–Crippen LogP) is 2.56. The number of nitro groups is 1. The van der Waals surface area contributed by atoms with Gasteiger partial charge in [0.2, 0.25) is 5.75 Å². The molecule has 0 atom stereocenters. The van der Waals surface area contributed by atoms with Crippen molar-refractivity contribution in [3.8, 4) is 11.5 Å². The number of nitro benzene ring substituents is 1. The third-order valence-electron chi connectivity index (χ3n) is 2.86. The summed E-state index contributed by atoms with van der Waals surface area (Å²) in [6.45, 7) is 0. The van der Waals surface area contributed by atoms with Gasteiger partial charge in [-0.2, -0.15) is 0 Å². The van der Waals surface area contributed by atoms with Crippen LogP contribution in [0, 0.1) is 10.1 Å². The fourth-order valence-electron chi connectivity index (χ4n) is 2.03. The number of thiocarbonyl (C=S) groups is 1. The number of nitrogens with zero attached hydrogens (tertiary/aromatic N) is 2. The minimum absolute atomic E-state index is 0.0239. The maximum atomic E-state index is 11.5. The molecule has 0 fully saturated rings. The third-order valence-corrected chi connectivity index (χ3v) is 3.66. The van der Waals surface area contributed by atoms with Crippen molar-refractivity contribution in [3.05, 3.63) is 32.5 Å². The van der Waals surface area contributed by atoms with Gasteiger partial charge in [0.25, 0.3) is 0 Å². The molecule has 7 nitrogen and oxygen atoms in total. The van der Waals surface area contributed by atoms with E-state index in [9.17, 15) is 10.1 Å². The highest BCUT2D eigenvalue weighted by atomic mass is 79.9. The average molecular weight is 372 g/mol. The smallest absolute Gasteiger partial charge is 0.323 e. The van der Waals surface area contributed by atoms with Crippen molar-refractivity contribution in [2.24, 2.45) is 5.73 Å². The number of benzene rings is 1. The normalized spacial score (nSPS) is 10.4. The molecule has 21 heavy (non-hydrogen) atoms. The number of hydrogen-bond acceptors (Lipinski definition) is 6. The molecule has 0 radical (unpaired) electrons. The summed E-state index contributed by atoms with van der Waals surface area (Å²) in [6, 6.07) is 1.56. The van der Waals surface area contributed by atoms with Crippen LogP contribution in [0.5, 0.6) is 11.5 Å². The third kappa shape index (κ3) is 2.49. The first-order chi connectivity index (χ1) is 9.92. The molecule has 1 aromatic heterocycles. The van der Waals surface area contributed by atoms with E-state index < -0.39 is 4.92 Å². The second-order valence-corrected chi connectivity index (χ2v) is 5.25. The lowest BCUT2D eigenvalue weighted by Gasteiger charge is -2.13. The number of ether oxygens (including phenoxy) is 2. The number of rotatable bonds is 4. The highest BCUT2D eigenvalue weighted by molar-refractivity contribution is 9.10. The maximum Gasteiger partial charge on any atom is 0.323 e.